The summed E-state index contributed by atoms with van der Waals surface area (Å²) in [5.41, 5.74) is 1.38. The lowest BCUT2D eigenvalue weighted by molar-refractivity contribution is 0.0754. The van der Waals surface area contributed by atoms with E-state index < -0.39 is 0 Å². The van der Waals surface area contributed by atoms with Gasteiger partial charge in [-0.05, 0) is 40.5 Å². The second-order valence-electron chi connectivity index (χ2n) is 5.16. The number of carbonyl (C=O) groups excluding carboxylic acids is 1. The average molecular weight is 255 g/mol. The minimum atomic E-state index is -0.210. The molecule has 0 aliphatic carbocycles. The van der Waals surface area contributed by atoms with Crippen LogP contribution >= 0.6 is 0 Å². The molecule has 1 heterocycles. The molecule has 1 aliphatic heterocycles. The lowest BCUT2D eigenvalue weighted by atomic mass is 10.1. The molecule has 0 saturated heterocycles. The van der Waals surface area contributed by atoms with Crippen molar-refractivity contribution in [2.75, 3.05) is 19.7 Å². The molecule has 0 spiro atoms. The Balaban J connectivity index is 2.29. The molecule has 0 unspecified atom stereocenters. The van der Waals surface area contributed by atoms with Gasteiger partial charge in [-0.2, -0.15) is 0 Å². The first-order valence-electron chi connectivity index (χ1n) is 6.74. The van der Waals surface area contributed by atoms with E-state index in [4.69, 9.17) is 9.47 Å². The van der Waals surface area contributed by atoms with Gasteiger partial charge < -0.3 is 14.4 Å². The van der Waals surface area contributed by atoms with E-state index in [9.17, 15) is 4.79 Å². The molecule has 0 saturated carbocycles. The van der Waals surface area contributed by atoms with E-state index in [1.165, 1.54) is 5.57 Å². The molecule has 0 aromatic carbocycles. The van der Waals surface area contributed by atoms with Crippen LogP contribution in [0.15, 0.2) is 11.6 Å². The van der Waals surface area contributed by atoms with Gasteiger partial charge in [-0.15, -0.1) is 0 Å². The summed E-state index contributed by atoms with van der Waals surface area (Å²) in [4.78, 5) is 13.4. The molecule has 0 atom stereocenters. The number of ether oxygens (including phenoxy) is 2. The van der Waals surface area contributed by atoms with Gasteiger partial charge in [0.15, 0.2) is 0 Å². The third-order valence-corrected chi connectivity index (χ3v) is 2.77. The van der Waals surface area contributed by atoms with Gasteiger partial charge in [-0.3, -0.25) is 0 Å². The van der Waals surface area contributed by atoms with Crippen LogP contribution < -0.4 is 0 Å². The molecule has 1 aliphatic rings. The highest BCUT2D eigenvalue weighted by Gasteiger charge is 2.18. The number of carbonyl (C=O) groups is 1. The smallest absolute Gasteiger partial charge is 0.410 e. The van der Waals surface area contributed by atoms with Crippen molar-refractivity contribution in [2.45, 2.75) is 52.7 Å². The molecular weight excluding hydrogens is 230 g/mol. The van der Waals surface area contributed by atoms with E-state index in [2.05, 4.69) is 6.08 Å². The molecule has 0 N–H and O–H groups in total. The number of nitrogens with zero attached hydrogens (tertiary/aromatic N) is 1. The van der Waals surface area contributed by atoms with Crippen molar-refractivity contribution >= 4 is 6.09 Å². The second kappa shape index (κ2) is 7.41. The highest BCUT2D eigenvalue weighted by atomic mass is 16.6. The zero-order valence-corrected chi connectivity index (χ0v) is 11.9. The summed E-state index contributed by atoms with van der Waals surface area (Å²) >= 11 is 0. The molecule has 0 fully saturated rings. The minimum Gasteiger partial charge on any atom is -0.447 e. The van der Waals surface area contributed by atoms with Gasteiger partial charge >= 0.3 is 6.09 Å². The van der Waals surface area contributed by atoms with E-state index in [1.807, 2.05) is 27.7 Å². The first kappa shape index (κ1) is 15.0. The number of rotatable bonds is 5. The Hall–Kier alpha value is -1.03. The summed E-state index contributed by atoms with van der Waals surface area (Å²) < 4.78 is 10.7. The Bertz CT molecular complexity index is 297. The predicted molar refractivity (Wildman–Crippen MR) is 71.6 cm³/mol. The Morgan fingerprint density at radius 3 is 2.56 bits per heavy atom. The van der Waals surface area contributed by atoms with Crippen molar-refractivity contribution in [3.8, 4) is 0 Å². The molecule has 1 rings (SSSR count). The molecule has 0 aromatic rings. The summed E-state index contributed by atoms with van der Waals surface area (Å²) in [5, 5.41) is 0. The Morgan fingerprint density at radius 1 is 1.33 bits per heavy atom. The fourth-order valence-electron chi connectivity index (χ4n) is 1.81. The first-order chi connectivity index (χ1) is 8.49. The van der Waals surface area contributed by atoms with Crippen molar-refractivity contribution in [1.29, 1.82) is 0 Å². The van der Waals surface area contributed by atoms with Gasteiger partial charge in [0.25, 0.3) is 0 Å². The van der Waals surface area contributed by atoms with E-state index in [1.54, 1.807) is 4.90 Å². The Morgan fingerprint density at radius 2 is 2.06 bits per heavy atom. The molecule has 0 radical (unpaired) electrons. The zero-order chi connectivity index (χ0) is 13.5. The largest absolute Gasteiger partial charge is 0.447 e. The summed E-state index contributed by atoms with van der Waals surface area (Å²) in [7, 11) is 0. The van der Waals surface area contributed by atoms with Crippen LogP contribution in [0.1, 0.15) is 40.5 Å². The SMILES string of the molecule is CC(C)OCCC1=CCN(C(=O)OC(C)C)CC1. The fraction of sp³-hybridized carbons (Fsp3) is 0.786. The van der Waals surface area contributed by atoms with Crippen molar-refractivity contribution in [1.82, 2.24) is 4.90 Å². The monoisotopic (exact) mass is 255 g/mol. The standard InChI is InChI=1S/C14H25NO3/c1-11(2)17-10-7-13-5-8-15(9-6-13)14(16)18-12(3)4/h5,11-12H,6-10H2,1-4H3. The summed E-state index contributed by atoms with van der Waals surface area (Å²) in [6, 6.07) is 0. The highest BCUT2D eigenvalue weighted by molar-refractivity contribution is 5.68. The first-order valence-corrected chi connectivity index (χ1v) is 6.74. The normalized spacial score (nSPS) is 16.1. The molecular formula is C14H25NO3. The second-order valence-corrected chi connectivity index (χ2v) is 5.16. The third kappa shape index (κ3) is 5.54. The van der Waals surface area contributed by atoms with Crippen LogP contribution in [0.25, 0.3) is 0 Å². The molecule has 1 amide bonds. The maximum atomic E-state index is 11.7. The van der Waals surface area contributed by atoms with Crippen molar-refractivity contribution in [3.05, 3.63) is 11.6 Å². The highest BCUT2D eigenvalue weighted by Crippen LogP contribution is 2.15. The van der Waals surface area contributed by atoms with Gasteiger partial charge in [0.2, 0.25) is 0 Å². The minimum absolute atomic E-state index is 0.0534. The summed E-state index contributed by atoms with van der Waals surface area (Å²) in [6.07, 6.45) is 4.03. The number of hydrogen-bond donors (Lipinski definition) is 0. The van der Waals surface area contributed by atoms with Crippen molar-refractivity contribution < 1.29 is 14.3 Å². The molecule has 4 nitrogen and oxygen atoms in total. The Kier molecular flexibility index (Phi) is 6.19. The number of amides is 1. The van der Waals surface area contributed by atoms with Crippen LogP contribution in [-0.2, 0) is 9.47 Å². The summed E-state index contributed by atoms with van der Waals surface area (Å²) in [6.45, 7) is 9.98. The Labute approximate surface area is 110 Å². The predicted octanol–water partition coefficient (Wildman–Crippen LogP) is 2.98. The maximum absolute atomic E-state index is 11.7. The molecule has 0 aromatic heterocycles. The van der Waals surface area contributed by atoms with Crippen LogP contribution in [0.3, 0.4) is 0 Å². The maximum Gasteiger partial charge on any atom is 0.410 e. The van der Waals surface area contributed by atoms with E-state index in [0.29, 0.717) is 6.54 Å². The van der Waals surface area contributed by atoms with Gasteiger partial charge in [-0.25, -0.2) is 4.79 Å². The van der Waals surface area contributed by atoms with Gasteiger partial charge in [-0.1, -0.05) is 11.6 Å². The topological polar surface area (TPSA) is 38.8 Å². The molecule has 18 heavy (non-hydrogen) atoms. The van der Waals surface area contributed by atoms with E-state index in [0.717, 1.165) is 26.0 Å². The zero-order valence-electron chi connectivity index (χ0n) is 11.9. The quantitative estimate of drug-likeness (QED) is 0.709. The summed E-state index contributed by atoms with van der Waals surface area (Å²) in [5.74, 6) is 0. The van der Waals surface area contributed by atoms with Gasteiger partial charge in [0, 0.05) is 13.1 Å². The van der Waals surface area contributed by atoms with Crippen LogP contribution in [0.2, 0.25) is 0 Å². The lowest BCUT2D eigenvalue weighted by Gasteiger charge is -2.26. The number of hydrogen-bond acceptors (Lipinski definition) is 3. The fourth-order valence-corrected chi connectivity index (χ4v) is 1.81. The lowest BCUT2D eigenvalue weighted by Crippen LogP contribution is -2.36. The molecule has 104 valence electrons. The van der Waals surface area contributed by atoms with Gasteiger partial charge in [0.05, 0.1) is 18.8 Å². The van der Waals surface area contributed by atoms with E-state index >= 15 is 0 Å². The van der Waals surface area contributed by atoms with Crippen LogP contribution in [0.4, 0.5) is 4.79 Å². The van der Waals surface area contributed by atoms with Crippen molar-refractivity contribution in [3.63, 3.8) is 0 Å². The molecule has 0 bridgehead atoms. The average Bonchev–Trinajstić information content (AvgIpc) is 2.28. The van der Waals surface area contributed by atoms with E-state index in [-0.39, 0.29) is 18.3 Å². The van der Waals surface area contributed by atoms with Crippen LogP contribution in [0.5, 0.6) is 0 Å². The van der Waals surface area contributed by atoms with Crippen molar-refractivity contribution in [2.24, 2.45) is 0 Å². The van der Waals surface area contributed by atoms with Crippen LogP contribution in [0, 0.1) is 0 Å². The third-order valence-electron chi connectivity index (χ3n) is 2.77. The molecule has 4 heteroatoms. The van der Waals surface area contributed by atoms with Gasteiger partial charge in [0.1, 0.15) is 0 Å². The van der Waals surface area contributed by atoms with Crippen LogP contribution in [-0.4, -0.2) is 42.9 Å².